The van der Waals surface area contributed by atoms with Gasteiger partial charge in [0.1, 0.15) is 0 Å². The maximum absolute atomic E-state index is 11.9. The van der Waals surface area contributed by atoms with Gasteiger partial charge in [-0.2, -0.15) is 5.10 Å². The third kappa shape index (κ3) is 5.51. The molecule has 10 nitrogen and oxygen atoms in total. The highest BCUT2D eigenvalue weighted by Crippen LogP contribution is 2.36. The van der Waals surface area contributed by atoms with Crippen molar-refractivity contribution >= 4 is 29.4 Å². The molecule has 2 aromatic rings. The van der Waals surface area contributed by atoms with Gasteiger partial charge in [-0.15, -0.1) is 0 Å². The number of anilines is 1. The molecule has 0 aliphatic carbocycles. The number of carbonyl (C=O) groups excluding carboxylic acids is 2. The smallest absolute Gasteiger partial charge is 0.329 e. The van der Waals surface area contributed by atoms with E-state index in [1.165, 1.54) is 6.07 Å². The maximum Gasteiger partial charge on any atom is 0.329 e. The molecule has 152 valence electrons. The Labute approximate surface area is 166 Å². The van der Waals surface area contributed by atoms with Crippen LogP contribution in [-0.2, 0) is 9.59 Å². The number of nitrogens with one attached hydrogen (secondary N) is 2. The Morgan fingerprint density at radius 2 is 1.93 bits per heavy atom. The zero-order valence-electron chi connectivity index (χ0n) is 16.1. The fourth-order valence-corrected chi connectivity index (χ4v) is 2.32. The number of ether oxygens (including phenoxy) is 1. The van der Waals surface area contributed by atoms with Crippen LogP contribution in [0.4, 0.5) is 11.4 Å². The van der Waals surface area contributed by atoms with Crippen molar-refractivity contribution < 1.29 is 24.4 Å². The number of nitrogens with zero attached hydrogens (tertiary/aromatic N) is 2. The topological polar surface area (TPSA) is 143 Å². The van der Waals surface area contributed by atoms with E-state index < -0.39 is 28.2 Å². The van der Waals surface area contributed by atoms with Gasteiger partial charge in [-0.3, -0.25) is 19.7 Å². The fraction of sp³-hybridized carbons (Fsp3) is 0.211. The third-order valence-electron chi connectivity index (χ3n) is 3.92. The molecule has 29 heavy (non-hydrogen) atoms. The molecule has 0 bridgehead atoms. The van der Waals surface area contributed by atoms with Crippen LogP contribution in [-0.4, -0.2) is 34.7 Å². The molecule has 10 heteroatoms. The average Bonchev–Trinajstić information content (AvgIpc) is 2.66. The number of aromatic hydroxyl groups is 1. The van der Waals surface area contributed by atoms with Crippen molar-refractivity contribution in [2.24, 2.45) is 5.10 Å². The van der Waals surface area contributed by atoms with Crippen LogP contribution in [0.5, 0.6) is 11.5 Å². The number of hydrogen-bond acceptors (Lipinski definition) is 7. The number of phenols is 1. The van der Waals surface area contributed by atoms with Crippen LogP contribution in [0.15, 0.2) is 35.4 Å². The Bertz CT molecular complexity index is 987. The molecule has 0 aliphatic heterocycles. The van der Waals surface area contributed by atoms with E-state index in [1.807, 2.05) is 25.3 Å². The Balaban J connectivity index is 2.08. The number of benzene rings is 2. The van der Waals surface area contributed by atoms with E-state index >= 15 is 0 Å². The lowest BCUT2D eigenvalue weighted by molar-refractivity contribution is -0.386. The number of nitro benzene ring substituents is 1. The van der Waals surface area contributed by atoms with Crippen molar-refractivity contribution in [2.45, 2.75) is 20.8 Å². The van der Waals surface area contributed by atoms with Gasteiger partial charge in [0.15, 0.2) is 5.75 Å². The van der Waals surface area contributed by atoms with Crippen LogP contribution in [0.2, 0.25) is 0 Å². The molecule has 0 aliphatic rings. The van der Waals surface area contributed by atoms with Gasteiger partial charge in [0.05, 0.1) is 17.7 Å². The fourth-order valence-electron chi connectivity index (χ4n) is 2.32. The van der Waals surface area contributed by atoms with Gasteiger partial charge in [-0.25, -0.2) is 5.43 Å². The second kappa shape index (κ2) is 9.31. The molecule has 0 spiro atoms. The summed E-state index contributed by atoms with van der Waals surface area (Å²) in [6.07, 6.45) is 1.09. The number of nitro groups is 1. The molecule has 2 amide bonds. The lowest BCUT2D eigenvalue weighted by Crippen LogP contribution is -2.32. The molecule has 0 aromatic heterocycles. The summed E-state index contributed by atoms with van der Waals surface area (Å²) < 4.78 is 5.15. The first-order valence-electron chi connectivity index (χ1n) is 8.58. The first-order valence-corrected chi connectivity index (χ1v) is 8.58. The maximum atomic E-state index is 11.9. The van der Waals surface area contributed by atoms with E-state index in [1.54, 1.807) is 19.1 Å². The Kier molecular flexibility index (Phi) is 6.85. The molecular formula is C19H20N4O6. The minimum atomic E-state index is -1.02. The quantitative estimate of drug-likeness (QED) is 0.294. The van der Waals surface area contributed by atoms with E-state index in [-0.39, 0.29) is 17.9 Å². The number of rotatable bonds is 6. The minimum Gasteiger partial charge on any atom is -0.500 e. The summed E-state index contributed by atoms with van der Waals surface area (Å²) in [6, 6.07) is 7.59. The van der Waals surface area contributed by atoms with Gasteiger partial charge in [0.2, 0.25) is 5.75 Å². The molecule has 2 aromatic carbocycles. The standard InChI is InChI=1S/C19H20N4O6/c1-4-29-16-9-13(8-15(17(16)24)23(27)28)10-20-22-19(26)18(25)21-14-6-5-11(2)12(3)7-14/h5-10,24H,4H2,1-3H3,(H,21,25)(H,22,26)/b20-10+. The molecule has 0 saturated carbocycles. The summed E-state index contributed by atoms with van der Waals surface area (Å²) >= 11 is 0. The summed E-state index contributed by atoms with van der Waals surface area (Å²) in [7, 11) is 0. The zero-order valence-corrected chi connectivity index (χ0v) is 16.1. The van der Waals surface area contributed by atoms with Crippen molar-refractivity contribution in [2.75, 3.05) is 11.9 Å². The van der Waals surface area contributed by atoms with E-state index in [0.29, 0.717) is 5.69 Å². The van der Waals surface area contributed by atoms with Gasteiger partial charge >= 0.3 is 17.5 Å². The highest BCUT2D eigenvalue weighted by Gasteiger charge is 2.20. The van der Waals surface area contributed by atoms with Crippen LogP contribution in [0.25, 0.3) is 0 Å². The number of phenolic OH excluding ortho intramolecular Hbond substituents is 1. The van der Waals surface area contributed by atoms with E-state index in [4.69, 9.17) is 4.74 Å². The molecule has 0 saturated heterocycles. The monoisotopic (exact) mass is 400 g/mol. The van der Waals surface area contributed by atoms with Gasteiger partial charge in [0.25, 0.3) is 0 Å². The third-order valence-corrected chi connectivity index (χ3v) is 3.92. The number of aryl methyl sites for hydroxylation is 2. The first kappa shape index (κ1) is 21.4. The summed E-state index contributed by atoms with van der Waals surface area (Å²) in [5, 5.41) is 27.0. The van der Waals surface area contributed by atoms with E-state index in [2.05, 4.69) is 10.4 Å². The first-order chi connectivity index (χ1) is 13.7. The van der Waals surface area contributed by atoms with Crippen molar-refractivity contribution in [3.63, 3.8) is 0 Å². The van der Waals surface area contributed by atoms with Crippen LogP contribution in [0.3, 0.4) is 0 Å². The number of carbonyl (C=O) groups is 2. The van der Waals surface area contributed by atoms with Crippen molar-refractivity contribution in [3.05, 3.63) is 57.1 Å². The predicted octanol–water partition coefficient (Wildman–Crippen LogP) is 2.40. The van der Waals surface area contributed by atoms with Crippen molar-refractivity contribution in [1.29, 1.82) is 0 Å². The second-order valence-corrected chi connectivity index (χ2v) is 6.03. The van der Waals surface area contributed by atoms with Crippen LogP contribution in [0.1, 0.15) is 23.6 Å². The molecule has 0 fully saturated rings. The molecule has 2 rings (SSSR count). The van der Waals surface area contributed by atoms with Crippen LogP contribution >= 0.6 is 0 Å². The number of hydrogen-bond donors (Lipinski definition) is 3. The lowest BCUT2D eigenvalue weighted by atomic mass is 10.1. The van der Waals surface area contributed by atoms with Gasteiger partial charge < -0.3 is 15.2 Å². The second-order valence-electron chi connectivity index (χ2n) is 6.03. The van der Waals surface area contributed by atoms with Crippen molar-refractivity contribution in [3.8, 4) is 11.5 Å². The van der Waals surface area contributed by atoms with Crippen LogP contribution < -0.4 is 15.5 Å². The summed E-state index contributed by atoms with van der Waals surface area (Å²) in [5.74, 6) is -2.64. The lowest BCUT2D eigenvalue weighted by Gasteiger charge is -2.07. The molecule has 3 N–H and O–H groups in total. The summed E-state index contributed by atoms with van der Waals surface area (Å²) in [5.41, 5.74) is 4.12. The molecule has 0 radical (unpaired) electrons. The molecule has 0 unspecified atom stereocenters. The van der Waals surface area contributed by atoms with E-state index in [0.717, 1.165) is 23.4 Å². The van der Waals surface area contributed by atoms with Crippen LogP contribution in [0, 0.1) is 24.0 Å². The van der Waals surface area contributed by atoms with Gasteiger partial charge in [-0.1, -0.05) is 6.07 Å². The summed E-state index contributed by atoms with van der Waals surface area (Å²) in [4.78, 5) is 34.1. The SMILES string of the molecule is CCOc1cc(/C=N/NC(=O)C(=O)Nc2ccc(C)c(C)c2)cc([N+](=O)[O-])c1O. The Morgan fingerprint density at radius 3 is 2.55 bits per heavy atom. The van der Waals surface area contributed by atoms with E-state index in [9.17, 15) is 24.8 Å². The Morgan fingerprint density at radius 1 is 1.21 bits per heavy atom. The highest BCUT2D eigenvalue weighted by atomic mass is 16.6. The Hall–Kier alpha value is -3.95. The minimum absolute atomic E-state index is 0.0954. The largest absolute Gasteiger partial charge is 0.500 e. The molecular weight excluding hydrogens is 380 g/mol. The highest BCUT2D eigenvalue weighted by molar-refractivity contribution is 6.39. The zero-order chi connectivity index (χ0) is 21.6. The predicted molar refractivity (Wildman–Crippen MR) is 106 cm³/mol. The summed E-state index contributed by atoms with van der Waals surface area (Å²) in [6.45, 7) is 5.64. The number of amides is 2. The average molecular weight is 400 g/mol. The molecule has 0 atom stereocenters. The van der Waals surface area contributed by atoms with Crippen molar-refractivity contribution in [1.82, 2.24) is 5.43 Å². The number of hydrazone groups is 1. The molecule has 0 heterocycles. The van der Waals surface area contributed by atoms with Gasteiger partial charge in [-0.05, 0) is 50.1 Å². The van der Waals surface area contributed by atoms with Gasteiger partial charge in [0, 0.05) is 17.3 Å². The normalized spacial score (nSPS) is 10.6.